The fraction of sp³-hybridized carbons (Fsp3) is 0.444. The number of nitrogens with one attached hydrogen (secondary N) is 1. The van der Waals surface area contributed by atoms with Gasteiger partial charge in [0.05, 0.1) is 12.2 Å². The molecular formula is C18H22ClN3OS. The lowest BCUT2D eigenvalue weighted by atomic mass is 10.1. The number of aryl methyl sites for hydroxylation is 2. The van der Waals surface area contributed by atoms with E-state index >= 15 is 0 Å². The number of nitrogens with zero attached hydrogens (tertiary/aromatic N) is 2. The molecule has 0 aliphatic carbocycles. The average molecular weight is 364 g/mol. The third kappa shape index (κ3) is 4.15. The van der Waals surface area contributed by atoms with Crippen LogP contribution in [0.1, 0.15) is 45.2 Å². The van der Waals surface area contributed by atoms with E-state index in [1.54, 1.807) is 6.07 Å². The molecule has 0 spiro atoms. The first kappa shape index (κ1) is 17.4. The Labute approximate surface area is 151 Å². The second kappa shape index (κ2) is 7.64. The van der Waals surface area contributed by atoms with E-state index in [-0.39, 0.29) is 5.91 Å². The normalized spacial score (nSPS) is 15.5. The highest BCUT2D eigenvalue weighted by Crippen LogP contribution is 2.24. The molecule has 0 bridgehead atoms. The van der Waals surface area contributed by atoms with Gasteiger partial charge in [0.1, 0.15) is 9.88 Å². The fourth-order valence-electron chi connectivity index (χ4n) is 2.90. The number of carbonyl (C=O) groups excluding carboxylic acids is 1. The first-order valence-electron chi connectivity index (χ1n) is 8.29. The van der Waals surface area contributed by atoms with Gasteiger partial charge in [-0.3, -0.25) is 9.69 Å². The van der Waals surface area contributed by atoms with Gasteiger partial charge in [-0.15, -0.1) is 11.3 Å². The molecule has 1 saturated heterocycles. The molecule has 2 heterocycles. The van der Waals surface area contributed by atoms with Crippen LogP contribution in [0.5, 0.6) is 0 Å². The van der Waals surface area contributed by atoms with Gasteiger partial charge in [0.2, 0.25) is 0 Å². The monoisotopic (exact) mass is 363 g/mol. The summed E-state index contributed by atoms with van der Waals surface area (Å²) in [4.78, 5) is 20.2. The van der Waals surface area contributed by atoms with Gasteiger partial charge in [0.15, 0.2) is 0 Å². The first-order chi connectivity index (χ1) is 11.5. The molecule has 1 aromatic carbocycles. The van der Waals surface area contributed by atoms with Crippen LogP contribution in [-0.2, 0) is 6.54 Å². The van der Waals surface area contributed by atoms with Gasteiger partial charge in [0, 0.05) is 10.7 Å². The van der Waals surface area contributed by atoms with Crippen molar-refractivity contribution in [3.05, 3.63) is 44.4 Å². The maximum atomic E-state index is 12.5. The summed E-state index contributed by atoms with van der Waals surface area (Å²) in [6, 6.07) is 5.54. The molecule has 6 heteroatoms. The number of hydrogen-bond acceptors (Lipinski definition) is 4. The summed E-state index contributed by atoms with van der Waals surface area (Å²) in [5.41, 5.74) is 2.50. The van der Waals surface area contributed by atoms with E-state index in [2.05, 4.69) is 15.2 Å². The standard InChI is InChI=1S/C18H22ClN3OS/c1-12-6-7-14(10-15(12)19)21-18(23)17-13(2)20-16(24-17)11-22-8-4-3-5-9-22/h6-7,10H,3-5,8-9,11H2,1-2H3,(H,21,23). The van der Waals surface area contributed by atoms with Gasteiger partial charge in [-0.25, -0.2) is 4.98 Å². The van der Waals surface area contributed by atoms with Crippen molar-refractivity contribution in [1.82, 2.24) is 9.88 Å². The highest BCUT2D eigenvalue weighted by atomic mass is 35.5. The Balaban J connectivity index is 1.69. The third-order valence-corrected chi connectivity index (χ3v) is 5.83. The largest absolute Gasteiger partial charge is 0.321 e. The van der Waals surface area contributed by atoms with Crippen molar-refractivity contribution in [1.29, 1.82) is 0 Å². The van der Waals surface area contributed by atoms with E-state index in [0.717, 1.165) is 35.9 Å². The molecule has 1 N–H and O–H groups in total. The van der Waals surface area contributed by atoms with E-state index in [9.17, 15) is 4.79 Å². The number of benzene rings is 1. The predicted molar refractivity (Wildman–Crippen MR) is 100 cm³/mol. The minimum Gasteiger partial charge on any atom is -0.321 e. The number of halogens is 1. The third-order valence-electron chi connectivity index (χ3n) is 4.28. The maximum Gasteiger partial charge on any atom is 0.267 e. The quantitative estimate of drug-likeness (QED) is 0.859. The lowest BCUT2D eigenvalue weighted by Gasteiger charge is -2.25. The van der Waals surface area contributed by atoms with Crippen LogP contribution in [0.25, 0.3) is 0 Å². The number of likely N-dealkylation sites (tertiary alicyclic amines) is 1. The summed E-state index contributed by atoms with van der Waals surface area (Å²) in [5.74, 6) is -0.116. The molecule has 0 atom stereocenters. The van der Waals surface area contributed by atoms with Crippen LogP contribution in [0.3, 0.4) is 0 Å². The minimum absolute atomic E-state index is 0.116. The molecule has 24 heavy (non-hydrogen) atoms. The van der Waals surface area contributed by atoms with Crippen LogP contribution in [-0.4, -0.2) is 28.9 Å². The summed E-state index contributed by atoms with van der Waals surface area (Å²) in [5, 5.41) is 4.59. The summed E-state index contributed by atoms with van der Waals surface area (Å²) in [6.45, 7) is 6.93. The van der Waals surface area contributed by atoms with E-state index < -0.39 is 0 Å². The molecule has 1 amide bonds. The van der Waals surface area contributed by atoms with E-state index in [1.807, 2.05) is 26.0 Å². The summed E-state index contributed by atoms with van der Waals surface area (Å²) in [6.07, 6.45) is 3.83. The van der Waals surface area contributed by atoms with Crippen molar-refractivity contribution in [3.63, 3.8) is 0 Å². The van der Waals surface area contributed by atoms with Crippen molar-refractivity contribution in [3.8, 4) is 0 Å². The zero-order chi connectivity index (χ0) is 17.1. The van der Waals surface area contributed by atoms with Gasteiger partial charge < -0.3 is 5.32 Å². The lowest BCUT2D eigenvalue weighted by Crippen LogP contribution is -2.28. The molecule has 1 aromatic heterocycles. The van der Waals surface area contributed by atoms with Gasteiger partial charge in [-0.05, 0) is 57.5 Å². The van der Waals surface area contributed by atoms with Crippen LogP contribution in [0.4, 0.5) is 5.69 Å². The molecule has 4 nitrogen and oxygen atoms in total. The molecule has 0 unspecified atom stereocenters. The number of carbonyl (C=O) groups is 1. The SMILES string of the molecule is Cc1ccc(NC(=O)c2sc(CN3CCCCC3)nc2C)cc1Cl. The Morgan fingerprint density at radius 2 is 2.04 bits per heavy atom. The smallest absolute Gasteiger partial charge is 0.267 e. The van der Waals surface area contributed by atoms with Crippen molar-refractivity contribution in [2.75, 3.05) is 18.4 Å². The molecule has 1 aliphatic heterocycles. The highest BCUT2D eigenvalue weighted by Gasteiger charge is 2.18. The van der Waals surface area contributed by atoms with Gasteiger partial charge in [0.25, 0.3) is 5.91 Å². The van der Waals surface area contributed by atoms with Crippen LogP contribution in [0.2, 0.25) is 5.02 Å². The second-order valence-electron chi connectivity index (χ2n) is 6.28. The molecule has 0 radical (unpaired) electrons. The van der Waals surface area contributed by atoms with E-state index in [4.69, 9.17) is 11.6 Å². The molecule has 1 aliphatic rings. The number of amides is 1. The fourth-order valence-corrected chi connectivity index (χ4v) is 4.08. The van der Waals surface area contributed by atoms with Crippen LogP contribution in [0.15, 0.2) is 18.2 Å². The van der Waals surface area contributed by atoms with Gasteiger partial charge >= 0.3 is 0 Å². The Bertz CT molecular complexity index is 738. The number of rotatable bonds is 4. The maximum absolute atomic E-state index is 12.5. The van der Waals surface area contributed by atoms with Crippen molar-refractivity contribution >= 4 is 34.5 Å². The molecular weight excluding hydrogens is 342 g/mol. The second-order valence-corrected chi connectivity index (χ2v) is 7.77. The number of aromatic nitrogens is 1. The van der Waals surface area contributed by atoms with Crippen LogP contribution in [0, 0.1) is 13.8 Å². The highest BCUT2D eigenvalue weighted by molar-refractivity contribution is 7.13. The first-order valence-corrected chi connectivity index (χ1v) is 9.48. The van der Waals surface area contributed by atoms with Crippen molar-refractivity contribution < 1.29 is 4.79 Å². The Kier molecular flexibility index (Phi) is 5.54. The number of thiazole rings is 1. The number of anilines is 1. The van der Waals surface area contributed by atoms with Gasteiger partial charge in [-0.2, -0.15) is 0 Å². The zero-order valence-corrected chi connectivity index (χ0v) is 15.6. The summed E-state index contributed by atoms with van der Waals surface area (Å²) < 4.78 is 0. The summed E-state index contributed by atoms with van der Waals surface area (Å²) in [7, 11) is 0. The van der Waals surface area contributed by atoms with Crippen molar-refractivity contribution in [2.24, 2.45) is 0 Å². The van der Waals surface area contributed by atoms with E-state index in [1.165, 1.54) is 30.6 Å². The number of piperidine rings is 1. The van der Waals surface area contributed by atoms with Gasteiger partial charge in [-0.1, -0.05) is 24.1 Å². The van der Waals surface area contributed by atoms with E-state index in [0.29, 0.717) is 15.6 Å². The molecule has 2 aromatic rings. The Hall–Kier alpha value is -1.43. The van der Waals surface area contributed by atoms with Crippen LogP contribution >= 0.6 is 22.9 Å². The molecule has 0 saturated carbocycles. The average Bonchev–Trinajstić information content (AvgIpc) is 2.92. The number of hydrogen-bond donors (Lipinski definition) is 1. The van der Waals surface area contributed by atoms with Crippen molar-refractivity contribution in [2.45, 2.75) is 39.7 Å². The lowest BCUT2D eigenvalue weighted by molar-refractivity contribution is 0.103. The molecule has 1 fully saturated rings. The molecule has 128 valence electrons. The minimum atomic E-state index is -0.116. The Morgan fingerprint density at radius 1 is 1.29 bits per heavy atom. The molecule has 3 rings (SSSR count). The predicted octanol–water partition coefficient (Wildman–Crippen LogP) is 4.65. The topological polar surface area (TPSA) is 45.2 Å². The Morgan fingerprint density at radius 3 is 2.75 bits per heavy atom. The zero-order valence-electron chi connectivity index (χ0n) is 14.1. The van der Waals surface area contributed by atoms with Crippen LogP contribution < -0.4 is 5.32 Å². The summed E-state index contributed by atoms with van der Waals surface area (Å²) >= 11 is 7.61.